The fraction of sp³-hybridized carbons (Fsp3) is 0.538. The minimum Gasteiger partial charge on any atom is -0.461 e. The topological polar surface area (TPSA) is 64.1 Å². The first-order valence-electron chi connectivity index (χ1n) is 6.37. The quantitative estimate of drug-likeness (QED) is 0.852. The number of nitrogens with zero attached hydrogens (tertiary/aromatic N) is 2. The van der Waals surface area contributed by atoms with Crippen LogP contribution in [0.2, 0.25) is 0 Å². The Morgan fingerprint density at radius 3 is 2.83 bits per heavy atom. The van der Waals surface area contributed by atoms with Gasteiger partial charge in [-0.15, -0.1) is 0 Å². The number of aromatic nitrogens is 2. The molecule has 2 rings (SSSR count). The second-order valence-electron chi connectivity index (χ2n) is 4.29. The second-order valence-corrected chi connectivity index (χ2v) is 4.29. The molecule has 2 heterocycles. The van der Waals surface area contributed by atoms with Crippen molar-refractivity contribution in [2.75, 3.05) is 6.54 Å². The van der Waals surface area contributed by atoms with Crippen molar-refractivity contribution in [1.29, 1.82) is 0 Å². The molecule has 5 nitrogen and oxygen atoms in total. The van der Waals surface area contributed by atoms with Crippen LogP contribution in [0.25, 0.3) is 11.6 Å². The van der Waals surface area contributed by atoms with Crippen molar-refractivity contribution in [2.24, 2.45) is 0 Å². The van der Waals surface area contributed by atoms with Crippen LogP contribution in [-0.4, -0.2) is 22.7 Å². The predicted molar refractivity (Wildman–Crippen MR) is 68.2 cm³/mol. The van der Waals surface area contributed by atoms with Gasteiger partial charge in [0, 0.05) is 6.04 Å². The molecule has 0 saturated carbocycles. The van der Waals surface area contributed by atoms with Gasteiger partial charge in [-0.2, -0.15) is 4.98 Å². The summed E-state index contributed by atoms with van der Waals surface area (Å²) < 4.78 is 10.6. The highest BCUT2D eigenvalue weighted by atomic mass is 16.5. The SMILES string of the molecule is CCNC(CC)C(C)c1nc(-c2ccco2)no1. The molecule has 0 saturated heterocycles. The summed E-state index contributed by atoms with van der Waals surface area (Å²) in [5.41, 5.74) is 0. The standard InChI is InChI=1S/C13H19N3O2/c1-4-10(14-5-2)9(3)13-15-12(16-18-13)11-7-6-8-17-11/h6-10,14H,4-5H2,1-3H3. The Morgan fingerprint density at radius 2 is 2.22 bits per heavy atom. The minimum absolute atomic E-state index is 0.186. The average molecular weight is 249 g/mol. The van der Waals surface area contributed by atoms with E-state index in [9.17, 15) is 0 Å². The average Bonchev–Trinajstić information content (AvgIpc) is 3.04. The number of likely N-dealkylation sites (N-methyl/N-ethyl adjacent to an activating group) is 1. The van der Waals surface area contributed by atoms with Gasteiger partial charge in [0.2, 0.25) is 11.7 Å². The van der Waals surface area contributed by atoms with E-state index in [0.717, 1.165) is 13.0 Å². The lowest BCUT2D eigenvalue weighted by atomic mass is 9.99. The van der Waals surface area contributed by atoms with Gasteiger partial charge < -0.3 is 14.3 Å². The Bertz CT molecular complexity index is 464. The maximum absolute atomic E-state index is 5.32. The number of hydrogen-bond acceptors (Lipinski definition) is 5. The monoisotopic (exact) mass is 249 g/mol. The Morgan fingerprint density at radius 1 is 1.39 bits per heavy atom. The van der Waals surface area contributed by atoms with E-state index in [-0.39, 0.29) is 5.92 Å². The van der Waals surface area contributed by atoms with E-state index in [2.05, 4.69) is 36.2 Å². The van der Waals surface area contributed by atoms with Crippen LogP contribution in [0.1, 0.15) is 39.0 Å². The molecule has 0 amide bonds. The van der Waals surface area contributed by atoms with Gasteiger partial charge in [-0.1, -0.05) is 25.9 Å². The van der Waals surface area contributed by atoms with Gasteiger partial charge in [-0.25, -0.2) is 0 Å². The van der Waals surface area contributed by atoms with Crippen molar-refractivity contribution in [3.05, 3.63) is 24.3 Å². The molecule has 2 unspecified atom stereocenters. The molecule has 0 aliphatic rings. The molecule has 98 valence electrons. The highest BCUT2D eigenvalue weighted by molar-refractivity contribution is 5.44. The lowest BCUT2D eigenvalue weighted by Gasteiger charge is -2.20. The molecular formula is C13H19N3O2. The molecule has 1 N–H and O–H groups in total. The molecule has 2 aromatic heterocycles. The maximum Gasteiger partial charge on any atom is 0.238 e. The summed E-state index contributed by atoms with van der Waals surface area (Å²) in [5, 5.41) is 7.37. The molecule has 0 fully saturated rings. The molecule has 0 aliphatic carbocycles. The third-order valence-electron chi connectivity index (χ3n) is 3.08. The normalized spacial score (nSPS) is 14.6. The summed E-state index contributed by atoms with van der Waals surface area (Å²) in [7, 11) is 0. The number of rotatable bonds is 6. The fourth-order valence-corrected chi connectivity index (χ4v) is 2.03. The molecule has 2 aromatic rings. The van der Waals surface area contributed by atoms with Crippen LogP contribution in [0.4, 0.5) is 0 Å². The second kappa shape index (κ2) is 5.82. The maximum atomic E-state index is 5.32. The van der Waals surface area contributed by atoms with E-state index >= 15 is 0 Å². The van der Waals surface area contributed by atoms with E-state index in [1.807, 2.05) is 12.1 Å². The molecule has 2 atom stereocenters. The van der Waals surface area contributed by atoms with Crippen molar-refractivity contribution < 1.29 is 8.94 Å². The van der Waals surface area contributed by atoms with Crippen LogP contribution < -0.4 is 5.32 Å². The molecular weight excluding hydrogens is 230 g/mol. The fourth-order valence-electron chi connectivity index (χ4n) is 2.03. The molecule has 0 aromatic carbocycles. The smallest absolute Gasteiger partial charge is 0.238 e. The van der Waals surface area contributed by atoms with Gasteiger partial charge in [0.15, 0.2) is 5.76 Å². The van der Waals surface area contributed by atoms with E-state index in [0.29, 0.717) is 23.5 Å². The van der Waals surface area contributed by atoms with Crippen LogP contribution in [0, 0.1) is 0 Å². The van der Waals surface area contributed by atoms with E-state index in [1.54, 1.807) is 6.26 Å². The van der Waals surface area contributed by atoms with E-state index < -0.39 is 0 Å². The minimum atomic E-state index is 0.186. The lowest BCUT2D eigenvalue weighted by molar-refractivity contribution is 0.321. The van der Waals surface area contributed by atoms with Gasteiger partial charge in [0.1, 0.15) is 0 Å². The van der Waals surface area contributed by atoms with Crippen LogP contribution in [0.3, 0.4) is 0 Å². The van der Waals surface area contributed by atoms with Gasteiger partial charge in [-0.05, 0) is 25.1 Å². The lowest BCUT2D eigenvalue weighted by Crippen LogP contribution is -2.33. The highest BCUT2D eigenvalue weighted by Gasteiger charge is 2.23. The van der Waals surface area contributed by atoms with Crippen LogP contribution >= 0.6 is 0 Å². The first-order valence-corrected chi connectivity index (χ1v) is 6.37. The van der Waals surface area contributed by atoms with Crippen molar-refractivity contribution in [3.8, 4) is 11.6 Å². The zero-order chi connectivity index (χ0) is 13.0. The zero-order valence-corrected chi connectivity index (χ0v) is 11.0. The number of nitrogens with one attached hydrogen (secondary N) is 1. The summed E-state index contributed by atoms with van der Waals surface area (Å²) in [5.74, 6) is 1.97. The Hall–Kier alpha value is -1.62. The van der Waals surface area contributed by atoms with Crippen molar-refractivity contribution in [1.82, 2.24) is 15.5 Å². The number of hydrogen-bond donors (Lipinski definition) is 1. The Balaban J connectivity index is 2.14. The van der Waals surface area contributed by atoms with Crippen LogP contribution in [0.15, 0.2) is 27.3 Å². The van der Waals surface area contributed by atoms with E-state index in [4.69, 9.17) is 8.94 Å². The third kappa shape index (κ3) is 2.61. The molecule has 0 aliphatic heterocycles. The summed E-state index contributed by atoms with van der Waals surface area (Å²) in [6.07, 6.45) is 2.62. The van der Waals surface area contributed by atoms with Crippen molar-refractivity contribution >= 4 is 0 Å². The third-order valence-corrected chi connectivity index (χ3v) is 3.08. The molecule has 0 spiro atoms. The Labute approximate surface area is 107 Å². The summed E-state index contributed by atoms with van der Waals surface area (Å²) in [6, 6.07) is 3.98. The zero-order valence-electron chi connectivity index (χ0n) is 11.0. The van der Waals surface area contributed by atoms with Crippen LogP contribution in [0.5, 0.6) is 0 Å². The van der Waals surface area contributed by atoms with Gasteiger partial charge in [-0.3, -0.25) is 0 Å². The molecule has 0 radical (unpaired) electrons. The largest absolute Gasteiger partial charge is 0.461 e. The van der Waals surface area contributed by atoms with Crippen molar-refractivity contribution in [3.63, 3.8) is 0 Å². The first-order chi connectivity index (χ1) is 8.76. The summed E-state index contributed by atoms with van der Waals surface area (Å²) in [4.78, 5) is 4.39. The van der Waals surface area contributed by atoms with Crippen molar-refractivity contribution in [2.45, 2.75) is 39.2 Å². The molecule has 5 heteroatoms. The predicted octanol–water partition coefficient (Wildman–Crippen LogP) is 2.82. The summed E-state index contributed by atoms with van der Waals surface area (Å²) in [6.45, 7) is 7.27. The highest BCUT2D eigenvalue weighted by Crippen LogP contribution is 2.23. The first kappa shape index (κ1) is 12.8. The van der Waals surface area contributed by atoms with E-state index in [1.165, 1.54) is 0 Å². The number of furan rings is 1. The van der Waals surface area contributed by atoms with Gasteiger partial charge >= 0.3 is 0 Å². The molecule has 0 bridgehead atoms. The van der Waals surface area contributed by atoms with Gasteiger partial charge in [0.25, 0.3) is 0 Å². The Kier molecular flexibility index (Phi) is 4.15. The van der Waals surface area contributed by atoms with Crippen LogP contribution in [-0.2, 0) is 0 Å². The molecule has 18 heavy (non-hydrogen) atoms. The van der Waals surface area contributed by atoms with Gasteiger partial charge in [0.05, 0.1) is 12.2 Å². The summed E-state index contributed by atoms with van der Waals surface area (Å²) >= 11 is 0.